The van der Waals surface area contributed by atoms with Gasteiger partial charge in [-0.25, -0.2) is 14.2 Å². The van der Waals surface area contributed by atoms with Gasteiger partial charge in [-0.15, -0.1) is 11.3 Å². The van der Waals surface area contributed by atoms with Crippen molar-refractivity contribution in [1.82, 2.24) is 25.4 Å². The summed E-state index contributed by atoms with van der Waals surface area (Å²) in [6, 6.07) is 3.19. The number of thiazole rings is 1. The van der Waals surface area contributed by atoms with Gasteiger partial charge in [0.05, 0.1) is 6.04 Å². The minimum atomic E-state index is -1.23. The number of halogens is 1. The van der Waals surface area contributed by atoms with Gasteiger partial charge in [-0.2, -0.15) is 0 Å². The number of nitrogens with one attached hydrogen (secondary N) is 2. The number of hydrogen-bond donors (Lipinski definition) is 3. The number of hydrogen-bond acceptors (Lipinski definition) is 7. The molecule has 2 aliphatic rings. The average Bonchev–Trinajstić information content (AvgIpc) is 3.61. The van der Waals surface area contributed by atoms with Gasteiger partial charge in [0.15, 0.2) is 0 Å². The van der Waals surface area contributed by atoms with E-state index in [9.17, 15) is 28.7 Å². The van der Waals surface area contributed by atoms with Crippen LogP contribution in [0.25, 0.3) is 0 Å². The van der Waals surface area contributed by atoms with E-state index >= 15 is 0 Å². The number of piperidine rings is 1. The predicted octanol–water partition coefficient (Wildman–Crippen LogP) is 2.66. The predicted molar refractivity (Wildman–Crippen MR) is 138 cm³/mol. The van der Waals surface area contributed by atoms with Gasteiger partial charge < -0.3 is 20.6 Å². The smallest absolute Gasteiger partial charge is 0.407 e. The lowest BCUT2D eigenvalue weighted by atomic mass is 9.89. The molecule has 0 aliphatic carbocycles. The van der Waals surface area contributed by atoms with Gasteiger partial charge in [0.1, 0.15) is 28.6 Å². The monoisotopic (exact) mass is 545 g/mol. The van der Waals surface area contributed by atoms with E-state index in [2.05, 4.69) is 15.6 Å². The Labute approximate surface area is 224 Å². The van der Waals surface area contributed by atoms with Crippen molar-refractivity contribution >= 4 is 35.0 Å². The van der Waals surface area contributed by atoms with Crippen LogP contribution >= 0.6 is 11.3 Å². The summed E-state index contributed by atoms with van der Waals surface area (Å²) in [5, 5.41) is 17.7. The number of likely N-dealkylation sites (N-methyl/N-ethyl adjacent to an activating group) is 1. The van der Waals surface area contributed by atoms with Gasteiger partial charge in [0, 0.05) is 24.5 Å². The number of nitrogens with zero attached hydrogens (tertiary/aromatic N) is 3. The number of carbonyl (C=O) groups is 4. The molecule has 2 aliphatic heterocycles. The highest BCUT2D eigenvalue weighted by Gasteiger charge is 2.40. The quantitative estimate of drug-likeness (QED) is 0.435. The molecule has 0 bridgehead atoms. The number of carbonyl (C=O) groups excluding carboxylic acids is 3. The maximum Gasteiger partial charge on any atom is 0.407 e. The number of carboxylic acid groups (broad SMARTS) is 1. The normalized spacial score (nSPS) is 19.6. The van der Waals surface area contributed by atoms with E-state index in [1.54, 1.807) is 10.3 Å². The summed E-state index contributed by atoms with van der Waals surface area (Å²) >= 11 is 1.30. The number of benzene rings is 1. The van der Waals surface area contributed by atoms with E-state index in [0.29, 0.717) is 36.4 Å². The van der Waals surface area contributed by atoms with E-state index in [0.717, 1.165) is 24.4 Å². The van der Waals surface area contributed by atoms with E-state index < -0.39 is 29.9 Å². The lowest BCUT2D eigenvalue weighted by Gasteiger charge is -2.35. The molecule has 204 valence electrons. The van der Waals surface area contributed by atoms with Gasteiger partial charge in [-0.05, 0) is 75.9 Å². The fraction of sp³-hybridized carbons (Fsp3) is 0.500. The summed E-state index contributed by atoms with van der Waals surface area (Å²) in [6.45, 7) is 3.42. The van der Waals surface area contributed by atoms with Crippen LogP contribution in [0.15, 0.2) is 29.6 Å². The van der Waals surface area contributed by atoms with E-state index in [1.165, 1.54) is 49.6 Å². The van der Waals surface area contributed by atoms with E-state index in [-0.39, 0.29) is 29.3 Å². The SMILES string of the molecule is CC(C(=O)N[C@H](C(=O)N1CCCC1c1nc(C(=O)c2ccc(F)cc2)cs1)C1CCNCC1)N(C)C(=O)O. The average molecular weight is 546 g/mol. The first kappa shape index (κ1) is 27.6. The van der Waals surface area contributed by atoms with Crippen LogP contribution in [-0.4, -0.2) is 82.3 Å². The van der Waals surface area contributed by atoms with E-state index in [1.807, 2.05) is 0 Å². The van der Waals surface area contributed by atoms with Crippen LogP contribution in [0, 0.1) is 11.7 Å². The molecule has 1 aromatic carbocycles. The zero-order valence-corrected chi connectivity index (χ0v) is 22.2. The molecule has 0 radical (unpaired) electrons. The van der Waals surface area contributed by atoms with Crippen molar-refractivity contribution in [3.05, 3.63) is 51.7 Å². The summed E-state index contributed by atoms with van der Waals surface area (Å²) in [5.41, 5.74) is 0.571. The Bertz CT molecular complexity index is 1180. The zero-order chi connectivity index (χ0) is 27.4. The van der Waals surface area contributed by atoms with Crippen molar-refractivity contribution in [3.63, 3.8) is 0 Å². The standard InChI is InChI=1S/C26H32FN5O5S/c1-15(31(2)26(36)37)23(34)30-21(16-9-11-28-12-10-16)25(35)32-13-3-4-20(32)24-29-19(14-38-24)22(33)17-5-7-18(27)8-6-17/h5-8,14-16,20-21,28H,3-4,9-13H2,1-2H3,(H,30,34)(H,36,37)/t15?,20?,21-/m0/s1. The van der Waals surface area contributed by atoms with Gasteiger partial charge >= 0.3 is 6.09 Å². The minimum Gasteiger partial charge on any atom is -0.465 e. The molecule has 0 spiro atoms. The third kappa shape index (κ3) is 6.02. The van der Waals surface area contributed by atoms with Gasteiger partial charge in [0.25, 0.3) is 0 Å². The topological polar surface area (TPSA) is 132 Å². The Hall–Kier alpha value is -3.38. The van der Waals surface area contributed by atoms with Crippen LogP contribution in [0.2, 0.25) is 0 Å². The molecule has 2 aromatic rings. The Morgan fingerprint density at radius 2 is 1.87 bits per heavy atom. The number of amides is 3. The van der Waals surface area contributed by atoms with Crippen molar-refractivity contribution in [3.8, 4) is 0 Å². The molecule has 3 heterocycles. The molecule has 2 fully saturated rings. The minimum absolute atomic E-state index is 0.0943. The molecule has 38 heavy (non-hydrogen) atoms. The number of rotatable bonds is 8. The van der Waals surface area contributed by atoms with Crippen LogP contribution in [0.3, 0.4) is 0 Å². The van der Waals surface area contributed by atoms with Crippen molar-refractivity contribution in [2.24, 2.45) is 5.92 Å². The van der Waals surface area contributed by atoms with Crippen molar-refractivity contribution in [1.29, 1.82) is 0 Å². The van der Waals surface area contributed by atoms with Crippen LogP contribution in [0.4, 0.5) is 9.18 Å². The zero-order valence-electron chi connectivity index (χ0n) is 21.4. The maximum absolute atomic E-state index is 13.9. The fourth-order valence-corrected chi connectivity index (χ4v) is 5.88. The Morgan fingerprint density at radius 3 is 2.53 bits per heavy atom. The van der Waals surface area contributed by atoms with Crippen LogP contribution in [-0.2, 0) is 9.59 Å². The van der Waals surface area contributed by atoms with Gasteiger partial charge in [0.2, 0.25) is 17.6 Å². The van der Waals surface area contributed by atoms with Crippen molar-refractivity contribution in [2.45, 2.75) is 50.7 Å². The largest absolute Gasteiger partial charge is 0.465 e. The molecular formula is C26H32FN5O5S. The molecule has 10 nitrogen and oxygen atoms in total. The summed E-state index contributed by atoms with van der Waals surface area (Å²) in [7, 11) is 1.32. The highest BCUT2D eigenvalue weighted by atomic mass is 32.1. The number of aromatic nitrogens is 1. The second kappa shape index (κ2) is 12.0. The summed E-state index contributed by atoms with van der Waals surface area (Å²) in [4.78, 5) is 58.3. The van der Waals surface area contributed by atoms with Crippen molar-refractivity contribution in [2.75, 3.05) is 26.7 Å². The first-order valence-corrected chi connectivity index (χ1v) is 13.6. The third-order valence-corrected chi connectivity index (χ3v) is 8.31. The highest BCUT2D eigenvalue weighted by Crippen LogP contribution is 2.35. The summed E-state index contributed by atoms with van der Waals surface area (Å²) < 4.78 is 13.3. The number of likely N-dealkylation sites (tertiary alicyclic amines) is 1. The van der Waals surface area contributed by atoms with Crippen molar-refractivity contribution < 1.29 is 28.7 Å². The second-order valence-electron chi connectivity index (χ2n) is 9.74. The first-order chi connectivity index (χ1) is 18.2. The Morgan fingerprint density at radius 1 is 1.18 bits per heavy atom. The third-order valence-electron chi connectivity index (χ3n) is 7.36. The lowest BCUT2D eigenvalue weighted by molar-refractivity contribution is -0.140. The van der Waals surface area contributed by atoms with Crippen LogP contribution in [0.5, 0.6) is 0 Å². The molecule has 3 atom stereocenters. The van der Waals surface area contributed by atoms with E-state index in [4.69, 9.17) is 0 Å². The van der Waals surface area contributed by atoms with Crippen LogP contribution < -0.4 is 10.6 Å². The number of ketones is 1. The molecule has 0 saturated carbocycles. The molecule has 3 amide bonds. The first-order valence-electron chi connectivity index (χ1n) is 12.7. The molecular weight excluding hydrogens is 513 g/mol. The maximum atomic E-state index is 13.9. The highest BCUT2D eigenvalue weighted by molar-refractivity contribution is 7.10. The van der Waals surface area contributed by atoms with Gasteiger partial charge in [-0.3, -0.25) is 19.3 Å². The Kier molecular flexibility index (Phi) is 8.72. The van der Waals surface area contributed by atoms with Gasteiger partial charge in [-0.1, -0.05) is 0 Å². The molecule has 12 heteroatoms. The molecule has 2 unspecified atom stereocenters. The summed E-state index contributed by atoms with van der Waals surface area (Å²) in [5.74, 6) is -1.59. The molecule has 4 rings (SSSR count). The molecule has 1 aromatic heterocycles. The molecule has 2 saturated heterocycles. The second-order valence-corrected chi connectivity index (χ2v) is 10.6. The van der Waals surface area contributed by atoms with Crippen LogP contribution in [0.1, 0.15) is 59.7 Å². The molecule has 3 N–H and O–H groups in total. The Balaban J connectivity index is 1.53. The fourth-order valence-electron chi connectivity index (χ4n) is 4.93. The summed E-state index contributed by atoms with van der Waals surface area (Å²) in [6.07, 6.45) is 1.60. The lowest BCUT2D eigenvalue weighted by Crippen LogP contribution is -2.57.